The van der Waals surface area contributed by atoms with Gasteiger partial charge < -0.3 is 19.5 Å². The molecular weight excluding hydrogens is 432 g/mol. The number of nitrogens with zero attached hydrogens (tertiary/aromatic N) is 3. The molecule has 1 amide bonds. The number of pyridine rings is 1. The lowest BCUT2D eigenvalue weighted by Gasteiger charge is -2.27. The number of carbonyl (C=O) groups excluding carboxylic acids is 1. The second kappa shape index (κ2) is 8.90. The van der Waals surface area contributed by atoms with Crippen molar-refractivity contribution < 1.29 is 19.4 Å². The van der Waals surface area contributed by atoms with Gasteiger partial charge in [0.1, 0.15) is 17.1 Å². The number of methoxy groups -OCH3 is 1. The first-order chi connectivity index (χ1) is 16.6. The number of fused-ring (bicyclic) bond motifs is 1. The Morgan fingerprint density at radius 1 is 1.09 bits per heavy atom. The fourth-order valence-corrected chi connectivity index (χ4v) is 4.40. The number of H-pyrrole nitrogens is 1. The average molecular weight is 457 g/mol. The molecule has 2 N–H and O–H groups in total. The summed E-state index contributed by atoms with van der Waals surface area (Å²) in [4.78, 5) is 19.4. The van der Waals surface area contributed by atoms with Crippen LogP contribution >= 0.6 is 0 Å². The van der Waals surface area contributed by atoms with Gasteiger partial charge in [0.15, 0.2) is 11.5 Å². The molecule has 34 heavy (non-hydrogen) atoms. The molecule has 1 aliphatic heterocycles. The zero-order valence-electron chi connectivity index (χ0n) is 18.9. The quantitative estimate of drug-likeness (QED) is 0.429. The van der Waals surface area contributed by atoms with Gasteiger partial charge in [-0.15, -0.1) is 0 Å². The van der Waals surface area contributed by atoms with Crippen LogP contribution in [0.25, 0.3) is 11.3 Å². The Kier molecular flexibility index (Phi) is 5.63. The van der Waals surface area contributed by atoms with Crippen molar-refractivity contribution in [1.29, 1.82) is 0 Å². The summed E-state index contributed by atoms with van der Waals surface area (Å²) in [5, 5.41) is 17.9. The largest absolute Gasteiger partial charge is 0.507 e. The third-order valence-electron chi connectivity index (χ3n) is 5.93. The van der Waals surface area contributed by atoms with Gasteiger partial charge in [-0.05, 0) is 54.4 Å². The molecule has 0 bridgehead atoms. The minimum Gasteiger partial charge on any atom is -0.507 e. The molecule has 0 saturated carbocycles. The Hall–Kier alpha value is -4.33. The van der Waals surface area contributed by atoms with Gasteiger partial charge in [-0.3, -0.25) is 14.9 Å². The Labute approximate surface area is 196 Å². The highest BCUT2D eigenvalue weighted by Crippen LogP contribution is 2.46. The number of hydrogen-bond acceptors (Lipinski definition) is 6. The van der Waals surface area contributed by atoms with Crippen molar-refractivity contribution in [1.82, 2.24) is 20.1 Å². The SMILES string of the molecule is CCOc1ccc(C2c3c(-c4ccccc4O)n[nH]c3C(=O)N2Cc2ccncc2)cc1OC. The molecule has 2 aromatic carbocycles. The van der Waals surface area contributed by atoms with Crippen molar-refractivity contribution in [2.75, 3.05) is 13.7 Å². The van der Waals surface area contributed by atoms with E-state index < -0.39 is 6.04 Å². The number of carbonyl (C=O) groups is 1. The maximum atomic E-state index is 13.6. The summed E-state index contributed by atoms with van der Waals surface area (Å²) in [6, 6.07) is 16.0. The Balaban J connectivity index is 1.67. The Bertz CT molecular complexity index is 1340. The van der Waals surface area contributed by atoms with E-state index in [1.165, 1.54) is 0 Å². The second-order valence-corrected chi connectivity index (χ2v) is 7.91. The fraction of sp³-hybridized carbons (Fsp3) is 0.192. The zero-order valence-corrected chi connectivity index (χ0v) is 18.9. The molecule has 2 aromatic heterocycles. The van der Waals surface area contributed by atoms with Crippen molar-refractivity contribution in [3.05, 3.63) is 89.4 Å². The van der Waals surface area contributed by atoms with E-state index in [4.69, 9.17) is 9.47 Å². The smallest absolute Gasteiger partial charge is 0.273 e. The number of aromatic hydroxyl groups is 1. The summed E-state index contributed by atoms with van der Waals surface area (Å²) in [6.07, 6.45) is 3.41. The Morgan fingerprint density at radius 3 is 2.62 bits per heavy atom. The van der Waals surface area contributed by atoms with E-state index in [9.17, 15) is 9.90 Å². The van der Waals surface area contributed by atoms with Gasteiger partial charge in [0, 0.05) is 30.1 Å². The van der Waals surface area contributed by atoms with Gasteiger partial charge in [-0.1, -0.05) is 18.2 Å². The standard InChI is InChI=1S/C26H24N4O4/c1-3-34-20-9-8-17(14-21(20)33-2)25-22-23(18-6-4-5-7-19(18)31)28-29-24(22)26(32)30(25)15-16-10-12-27-13-11-16/h4-14,25,31H,3,15H2,1-2H3,(H,28,29). The molecule has 1 atom stereocenters. The van der Waals surface area contributed by atoms with Crippen molar-refractivity contribution >= 4 is 5.91 Å². The van der Waals surface area contributed by atoms with E-state index in [-0.39, 0.29) is 11.7 Å². The summed E-state index contributed by atoms with van der Waals surface area (Å²) >= 11 is 0. The van der Waals surface area contributed by atoms with Crippen LogP contribution in [0.5, 0.6) is 17.2 Å². The number of rotatable bonds is 7. The fourth-order valence-electron chi connectivity index (χ4n) is 4.40. The molecule has 172 valence electrons. The molecule has 5 rings (SSSR count). The summed E-state index contributed by atoms with van der Waals surface area (Å²) in [5.41, 5.74) is 4.02. The number of ether oxygens (including phenoxy) is 2. The topological polar surface area (TPSA) is 101 Å². The number of phenolic OH excluding ortho intramolecular Hbond substituents is 1. The van der Waals surface area contributed by atoms with Crippen LogP contribution in [0, 0.1) is 0 Å². The van der Waals surface area contributed by atoms with Gasteiger partial charge in [-0.25, -0.2) is 0 Å². The van der Waals surface area contributed by atoms with E-state index in [1.807, 2.05) is 43.3 Å². The minimum atomic E-state index is -0.450. The van der Waals surface area contributed by atoms with E-state index in [1.54, 1.807) is 42.6 Å². The van der Waals surface area contributed by atoms with Crippen molar-refractivity contribution in [2.45, 2.75) is 19.5 Å². The van der Waals surface area contributed by atoms with E-state index in [0.29, 0.717) is 47.2 Å². The summed E-state index contributed by atoms with van der Waals surface area (Å²) < 4.78 is 11.3. The molecule has 0 aliphatic carbocycles. The number of phenols is 1. The molecule has 3 heterocycles. The number of aromatic nitrogens is 3. The van der Waals surface area contributed by atoms with Gasteiger partial charge in [-0.2, -0.15) is 5.10 Å². The van der Waals surface area contributed by atoms with Crippen LogP contribution in [-0.2, 0) is 6.54 Å². The first kappa shape index (κ1) is 21.5. The molecule has 0 spiro atoms. The highest BCUT2D eigenvalue weighted by molar-refractivity contribution is 6.00. The van der Waals surface area contributed by atoms with Crippen LogP contribution in [0.1, 0.15) is 40.1 Å². The van der Waals surface area contributed by atoms with Crippen LogP contribution in [0.15, 0.2) is 67.0 Å². The van der Waals surface area contributed by atoms with Gasteiger partial charge in [0.05, 0.1) is 19.8 Å². The van der Waals surface area contributed by atoms with Gasteiger partial charge >= 0.3 is 0 Å². The number of hydrogen-bond donors (Lipinski definition) is 2. The first-order valence-electron chi connectivity index (χ1n) is 11.0. The average Bonchev–Trinajstić information content (AvgIpc) is 3.40. The molecule has 0 saturated heterocycles. The second-order valence-electron chi connectivity index (χ2n) is 7.91. The van der Waals surface area contributed by atoms with Gasteiger partial charge in [0.2, 0.25) is 0 Å². The third-order valence-corrected chi connectivity index (χ3v) is 5.93. The molecule has 1 unspecified atom stereocenters. The van der Waals surface area contributed by atoms with Crippen LogP contribution in [0.4, 0.5) is 0 Å². The summed E-state index contributed by atoms with van der Waals surface area (Å²) in [5.74, 6) is 1.14. The van der Waals surface area contributed by atoms with Crippen LogP contribution in [0.3, 0.4) is 0 Å². The third kappa shape index (κ3) is 3.63. The highest BCUT2D eigenvalue weighted by Gasteiger charge is 2.42. The molecule has 4 aromatic rings. The monoisotopic (exact) mass is 456 g/mol. The summed E-state index contributed by atoms with van der Waals surface area (Å²) in [6.45, 7) is 2.80. The van der Waals surface area contributed by atoms with E-state index >= 15 is 0 Å². The van der Waals surface area contributed by atoms with Crippen molar-refractivity contribution in [3.8, 4) is 28.5 Å². The molecule has 8 nitrogen and oxygen atoms in total. The highest BCUT2D eigenvalue weighted by atomic mass is 16.5. The lowest BCUT2D eigenvalue weighted by Crippen LogP contribution is -2.29. The zero-order chi connectivity index (χ0) is 23.7. The van der Waals surface area contributed by atoms with Gasteiger partial charge in [0.25, 0.3) is 5.91 Å². The van der Waals surface area contributed by atoms with E-state index in [0.717, 1.165) is 11.1 Å². The number of para-hydroxylation sites is 1. The van der Waals surface area contributed by atoms with Crippen LogP contribution < -0.4 is 9.47 Å². The lowest BCUT2D eigenvalue weighted by atomic mass is 9.95. The predicted octanol–water partition coefficient (Wildman–Crippen LogP) is 4.33. The number of aromatic amines is 1. The maximum absolute atomic E-state index is 13.6. The number of nitrogens with one attached hydrogen (secondary N) is 1. The lowest BCUT2D eigenvalue weighted by molar-refractivity contribution is 0.0730. The molecule has 1 aliphatic rings. The minimum absolute atomic E-state index is 0.0971. The van der Waals surface area contributed by atoms with Crippen LogP contribution in [0.2, 0.25) is 0 Å². The Morgan fingerprint density at radius 2 is 1.88 bits per heavy atom. The molecule has 8 heteroatoms. The summed E-state index contributed by atoms with van der Waals surface area (Å²) in [7, 11) is 1.59. The molecule has 0 radical (unpaired) electrons. The van der Waals surface area contributed by atoms with Crippen molar-refractivity contribution in [2.24, 2.45) is 0 Å². The normalized spacial score (nSPS) is 14.8. The van der Waals surface area contributed by atoms with E-state index in [2.05, 4.69) is 15.2 Å². The maximum Gasteiger partial charge on any atom is 0.273 e. The van der Waals surface area contributed by atoms with Crippen LogP contribution in [-0.4, -0.2) is 44.8 Å². The molecule has 0 fully saturated rings. The first-order valence-corrected chi connectivity index (χ1v) is 11.0. The predicted molar refractivity (Wildman–Crippen MR) is 126 cm³/mol. The number of benzene rings is 2. The molecular formula is C26H24N4O4. The van der Waals surface area contributed by atoms with Crippen molar-refractivity contribution in [3.63, 3.8) is 0 Å². The number of amides is 1.